The number of piperidine rings is 1. The van der Waals surface area contributed by atoms with Crippen LogP contribution < -0.4 is 5.56 Å². The molecule has 1 aliphatic carbocycles. The van der Waals surface area contributed by atoms with Crippen LogP contribution in [0.5, 0.6) is 0 Å². The van der Waals surface area contributed by atoms with E-state index in [1.807, 2.05) is 0 Å². The van der Waals surface area contributed by atoms with Crippen molar-refractivity contribution in [2.24, 2.45) is 0 Å². The van der Waals surface area contributed by atoms with Gasteiger partial charge in [-0.2, -0.15) is 13.9 Å². The number of alkyl halides is 2. The van der Waals surface area contributed by atoms with Gasteiger partial charge in [-0.05, 0) is 32.1 Å². The molecule has 1 amide bonds. The van der Waals surface area contributed by atoms with E-state index in [1.165, 1.54) is 6.07 Å². The van der Waals surface area contributed by atoms with E-state index in [1.54, 1.807) is 0 Å². The van der Waals surface area contributed by atoms with E-state index in [2.05, 4.69) is 5.16 Å². The molecule has 1 aromatic heterocycles. The maximum atomic E-state index is 14.1. The van der Waals surface area contributed by atoms with Crippen LogP contribution in [-0.4, -0.2) is 45.7 Å². The lowest BCUT2D eigenvalue weighted by molar-refractivity contribution is -0.224. The summed E-state index contributed by atoms with van der Waals surface area (Å²) < 4.78 is 33.3. The van der Waals surface area contributed by atoms with Crippen LogP contribution >= 0.6 is 0 Å². The number of halogens is 2. The summed E-state index contributed by atoms with van der Waals surface area (Å²) in [5, 5.41) is 12.0. The predicted octanol–water partition coefficient (Wildman–Crippen LogP) is 1.22. The van der Waals surface area contributed by atoms with Crippen molar-refractivity contribution in [3.63, 3.8) is 0 Å². The molecule has 1 aliphatic heterocycles. The number of aromatic nitrogens is 1. The van der Waals surface area contributed by atoms with Gasteiger partial charge in [-0.1, -0.05) is 0 Å². The number of likely N-dealkylation sites (tertiary alicyclic amines) is 1. The van der Waals surface area contributed by atoms with Crippen LogP contribution in [0, 0.1) is 0 Å². The zero-order valence-corrected chi connectivity index (χ0v) is 12.0. The van der Waals surface area contributed by atoms with E-state index in [4.69, 9.17) is 4.52 Å². The van der Waals surface area contributed by atoms with Crippen LogP contribution in [0.1, 0.15) is 43.8 Å². The summed E-state index contributed by atoms with van der Waals surface area (Å²) in [6.07, 6.45) is 1.31. The molecule has 122 valence electrons. The van der Waals surface area contributed by atoms with Gasteiger partial charge in [0.25, 0.3) is 11.5 Å². The largest absolute Gasteiger partial charge is 0.383 e. The lowest BCUT2D eigenvalue weighted by Gasteiger charge is -2.44. The molecule has 6 nitrogen and oxygen atoms in total. The van der Waals surface area contributed by atoms with Gasteiger partial charge in [0, 0.05) is 25.1 Å². The number of H-pyrrole nitrogens is 1. The molecular weight excluding hydrogens is 298 g/mol. The minimum absolute atomic E-state index is 0.0449. The number of rotatable bonds is 3. The van der Waals surface area contributed by atoms with Crippen molar-refractivity contribution < 1.29 is 23.2 Å². The normalized spacial score (nSPS) is 22.4. The van der Waals surface area contributed by atoms with Crippen LogP contribution in [0.2, 0.25) is 0 Å². The van der Waals surface area contributed by atoms with E-state index in [9.17, 15) is 23.5 Å². The van der Waals surface area contributed by atoms with Gasteiger partial charge in [0.05, 0.1) is 0 Å². The summed E-state index contributed by atoms with van der Waals surface area (Å²) in [7, 11) is 0. The van der Waals surface area contributed by atoms with Crippen LogP contribution in [0.3, 0.4) is 0 Å². The number of aliphatic hydroxyl groups is 1. The Morgan fingerprint density at radius 2 is 2.05 bits per heavy atom. The molecule has 1 saturated heterocycles. The molecule has 3 rings (SSSR count). The highest BCUT2D eigenvalue weighted by molar-refractivity contribution is 5.85. The molecule has 2 aliphatic rings. The van der Waals surface area contributed by atoms with Crippen molar-refractivity contribution in [2.45, 2.75) is 49.5 Å². The van der Waals surface area contributed by atoms with Gasteiger partial charge in [0.2, 0.25) is 0 Å². The van der Waals surface area contributed by atoms with Gasteiger partial charge >= 0.3 is 5.92 Å². The number of nitrogens with one attached hydrogen (secondary N) is 1. The second kappa shape index (κ2) is 5.19. The fourth-order valence-electron chi connectivity index (χ4n) is 3.09. The number of amides is 1. The zero-order chi connectivity index (χ0) is 16.0. The van der Waals surface area contributed by atoms with E-state index >= 15 is 0 Å². The molecule has 1 saturated carbocycles. The molecule has 0 unspecified atom stereocenters. The van der Waals surface area contributed by atoms with E-state index < -0.39 is 17.4 Å². The Hall–Kier alpha value is -1.70. The van der Waals surface area contributed by atoms with E-state index in [0.29, 0.717) is 25.0 Å². The quantitative estimate of drug-likeness (QED) is 0.878. The van der Waals surface area contributed by atoms with Crippen molar-refractivity contribution in [2.75, 3.05) is 13.1 Å². The molecule has 2 N–H and O–H groups in total. The van der Waals surface area contributed by atoms with Crippen LogP contribution in [0.15, 0.2) is 15.4 Å². The third-order valence-corrected chi connectivity index (χ3v) is 4.76. The maximum Gasteiger partial charge on any atom is 0.352 e. The average molecular weight is 316 g/mol. The van der Waals surface area contributed by atoms with Gasteiger partial charge in [-0.25, -0.2) is 0 Å². The lowest BCUT2D eigenvalue weighted by atomic mass is 9.74. The highest BCUT2D eigenvalue weighted by atomic mass is 19.3. The minimum atomic E-state index is -3.74. The molecule has 8 heteroatoms. The van der Waals surface area contributed by atoms with Crippen LogP contribution in [0.4, 0.5) is 8.78 Å². The van der Waals surface area contributed by atoms with Crippen molar-refractivity contribution in [1.82, 2.24) is 10.1 Å². The molecule has 1 aromatic rings. The lowest BCUT2D eigenvalue weighted by Crippen LogP contribution is -2.62. The summed E-state index contributed by atoms with van der Waals surface area (Å²) in [5.74, 6) is -4.62. The summed E-state index contributed by atoms with van der Waals surface area (Å²) >= 11 is 0. The third-order valence-electron chi connectivity index (χ3n) is 4.76. The number of hydrogen-bond acceptors (Lipinski definition) is 4. The van der Waals surface area contributed by atoms with Crippen LogP contribution in [0.25, 0.3) is 0 Å². The van der Waals surface area contributed by atoms with Gasteiger partial charge in [-0.3, -0.25) is 9.59 Å². The fourth-order valence-corrected chi connectivity index (χ4v) is 3.09. The average Bonchev–Trinajstić information content (AvgIpc) is 2.90. The SMILES string of the molecule is O=C(N1CCC(c2cc(=O)[nH]o2)CC1)C(F)(F)C1(O)CCC1. The molecular formula is C14H18F2N2O4. The summed E-state index contributed by atoms with van der Waals surface area (Å²) in [4.78, 5) is 24.2. The highest BCUT2D eigenvalue weighted by Crippen LogP contribution is 2.45. The Kier molecular flexibility index (Phi) is 3.58. The molecule has 0 aromatic carbocycles. The number of carbonyl (C=O) groups is 1. The van der Waals surface area contributed by atoms with Crippen molar-refractivity contribution in [3.8, 4) is 0 Å². The predicted molar refractivity (Wildman–Crippen MR) is 71.6 cm³/mol. The minimum Gasteiger partial charge on any atom is -0.383 e. The fraction of sp³-hybridized carbons (Fsp3) is 0.714. The molecule has 0 spiro atoms. The zero-order valence-electron chi connectivity index (χ0n) is 12.0. The van der Waals surface area contributed by atoms with Crippen molar-refractivity contribution in [3.05, 3.63) is 22.2 Å². The summed E-state index contributed by atoms with van der Waals surface area (Å²) in [6.45, 7) is 0.314. The third kappa shape index (κ3) is 2.35. The highest BCUT2D eigenvalue weighted by Gasteiger charge is 2.62. The summed E-state index contributed by atoms with van der Waals surface area (Å²) in [5.41, 5.74) is -2.53. The second-order valence-corrected chi connectivity index (χ2v) is 6.14. The maximum absolute atomic E-state index is 14.1. The molecule has 22 heavy (non-hydrogen) atoms. The standard InChI is InChI=1S/C14H18F2N2O4/c15-14(16,13(21)4-1-5-13)12(20)18-6-2-9(3-7-18)10-8-11(19)17-22-10/h8-9,21H,1-7H2,(H,17,19). The second-order valence-electron chi connectivity index (χ2n) is 6.14. The topological polar surface area (TPSA) is 86.5 Å². The Balaban J connectivity index is 1.63. The molecule has 0 atom stereocenters. The number of hydrogen-bond donors (Lipinski definition) is 2. The molecule has 2 fully saturated rings. The summed E-state index contributed by atoms with van der Waals surface area (Å²) in [6, 6.07) is 1.34. The molecule has 0 radical (unpaired) electrons. The number of nitrogens with zero attached hydrogens (tertiary/aromatic N) is 1. The Bertz CT molecular complexity index is 612. The first-order chi connectivity index (χ1) is 10.3. The Morgan fingerprint density at radius 3 is 2.50 bits per heavy atom. The van der Waals surface area contributed by atoms with Gasteiger partial charge in [0.1, 0.15) is 11.4 Å². The van der Waals surface area contributed by atoms with E-state index in [-0.39, 0.29) is 37.4 Å². The first-order valence-electron chi connectivity index (χ1n) is 7.41. The van der Waals surface area contributed by atoms with Crippen LogP contribution in [-0.2, 0) is 4.79 Å². The van der Waals surface area contributed by atoms with Gasteiger partial charge in [-0.15, -0.1) is 0 Å². The number of aromatic amines is 1. The van der Waals surface area contributed by atoms with Gasteiger partial charge in [0.15, 0.2) is 0 Å². The van der Waals surface area contributed by atoms with Crippen molar-refractivity contribution in [1.29, 1.82) is 0 Å². The van der Waals surface area contributed by atoms with Gasteiger partial charge < -0.3 is 14.5 Å². The van der Waals surface area contributed by atoms with Crippen molar-refractivity contribution >= 4 is 5.91 Å². The molecule has 0 bridgehead atoms. The Morgan fingerprint density at radius 1 is 1.41 bits per heavy atom. The monoisotopic (exact) mass is 316 g/mol. The Labute approximate surface area is 125 Å². The first-order valence-corrected chi connectivity index (χ1v) is 7.41. The molecule has 2 heterocycles. The van der Waals surface area contributed by atoms with E-state index in [0.717, 1.165) is 4.90 Å². The number of carbonyl (C=O) groups excluding carboxylic acids is 1. The smallest absolute Gasteiger partial charge is 0.352 e. The first kappa shape index (κ1) is 15.2.